The Morgan fingerprint density at radius 3 is 2.68 bits per heavy atom. The van der Waals surface area contributed by atoms with Crippen LogP contribution in [0, 0.1) is 0 Å². The molecule has 2 aromatic carbocycles. The minimum absolute atomic E-state index is 0.159. The monoisotopic (exact) mass is 402 g/mol. The Morgan fingerprint density at radius 2 is 1.96 bits per heavy atom. The first kappa shape index (κ1) is 18.5. The fourth-order valence-electron chi connectivity index (χ4n) is 3.27. The Hall–Kier alpha value is -1.32. The van der Waals surface area contributed by atoms with Crippen LogP contribution in [-0.2, 0) is 11.2 Å². The van der Waals surface area contributed by atoms with Gasteiger partial charge in [0.05, 0.1) is 10.6 Å². The van der Waals surface area contributed by atoms with Gasteiger partial charge in [-0.2, -0.15) is 0 Å². The molecule has 134 valence electrons. The summed E-state index contributed by atoms with van der Waals surface area (Å²) < 4.78 is 13.4. The molecule has 1 aliphatic rings. The molecule has 25 heavy (non-hydrogen) atoms. The summed E-state index contributed by atoms with van der Waals surface area (Å²) in [7, 11) is 0. The zero-order valence-corrected chi connectivity index (χ0v) is 16.7. The van der Waals surface area contributed by atoms with Crippen molar-refractivity contribution in [3.05, 3.63) is 64.1 Å². The summed E-state index contributed by atoms with van der Waals surface area (Å²) in [6, 6.07) is 17.0. The Kier molecular flexibility index (Phi) is 6.55. The highest BCUT2D eigenvalue weighted by molar-refractivity contribution is 9.10. The predicted octanol–water partition coefficient (Wildman–Crippen LogP) is 6.48. The van der Waals surface area contributed by atoms with Crippen LogP contribution in [0.15, 0.2) is 53.0 Å². The standard InChI is InChI=1S/C22H27BrO2/c1-3-16(2)18-12-13-21(20(23)15-18)25-22-11-7-10-19(24-22)14-17-8-5-4-6-9-17/h4-6,8-9,12-13,15-16,19,22H,3,7,10-11,14H2,1-2H3. The van der Waals surface area contributed by atoms with Crippen LogP contribution in [0.1, 0.15) is 56.6 Å². The molecule has 2 aromatic rings. The van der Waals surface area contributed by atoms with Gasteiger partial charge in [-0.3, -0.25) is 0 Å². The first-order valence-corrected chi connectivity index (χ1v) is 10.1. The van der Waals surface area contributed by atoms with Crippen molar-refractivity contribution in [2.75, 3.05) is 0 Å². The van der Waals surface area contributed by atoms with Crippen LogP contribution in [-0.4, -0.2) is 12.4 Å². The summed E-state index contributed by atoms with van der Waals surface area (Å²) in [6.07, 6.45) is 5.36. The van der Waals surface area contributed by atoms with E-state index in [-0.39, 0.29) is 12.4 Å². The van der Waals surface area contributed by atoms with E-state index in [1.807, 2.05) is 0 Å². The van der Waals surface area contributed by atoms with E-state index in [1.165, 1.54) is 11.1 Å². The second-order valence-electron chi connectivity index (χ2n) is 6.93. The molecule has 3 unspecified atom stereocenters. The highest BCUT2D eigenvalue weighted by Crippen LogP contribution is 2.32. The maximum atomic E-state index is 6.21. The van der Waals surface area contributed by atoms with Crippen LogP contribution in [0.25, 0.3) is 0 Å². The average Bonchev–Trinajstić information content (AvgIpc) is 2.64. The van der Waals surface area contributed by atoms with Crippen LogP contribution < -0.4 is 4.74 Å². The molecule has 3 heteroatoms. The molecule has 0 spiro atoms. The number of rotatable bonds is 6. The van der Waals surface area contributed by atoms with Gasteiger partial charge in [0.15, 0.2) is 6.29 Å². The summed E-state index contributed by atoms with van der Waals surface area (Å²) in [6.45, 7) is 4.46. The normalized spacial score (nSPS) is 21.7. The fourth-order valence-corrected chi connectivity index (χ4v) is 3.76. The third kappa shape index (κ3) is 5.08. The molecule has 0 aliphatic carbocycles. The van der Waals surface area contributed by atoms with Crippen molar-refractivity contribution < 1.29 is 9.47 Å². The topological polar surface area (TPSA) is 18.5 Å². The van der Waals surface area contributed by atoms with Crippen LogP contribution >= 0.6 is 15.9 Å². The zero-order valence-electron chi connectivity index (χ0n) is 15.1. The molecule has 1 heterocycles. The van der Waals surface area contributed by atoms with Crippen molar-refractivity contribution >= 4 is 15.9 Å². The maximum Gasteiger partial charge on any atom is 0.200 e. The third-order valence-electron chi connectivity index (χ3n) is 5.01. The van der Waals surface area contributed by atoms with Crippen molar-refractivity contribution in [2.24, 2.45) is 0 Å². The molecule has 0 bridgehead atoms. The second kappa shape index (κ2) is 8.86. The van der Waals surface area contributed by atoms with Gasteiger partial charge in [-0.1, -0.05) is 50.2 Å². The van der Waals surface area contributed by atoms with Gasteiger partial charge >= 0.3 is 0 Å². The van der Waals surface area contributed by atoms with Crippen molar-refractivity contribution in [1.29, 1.82) is 0 Å². The first-order chi connectivity index (χ1) is 12.2. The van der Waals surface area contributed by atoms with E-state index in [0.717, 1.165) is 42.3 Å². The number of ether oxygens (including phenoxy) is 2. The number of hydrogen-bond acceptors (Lipinski definition) is 2. The predicted molar refractivity (Wildman–Crippen MR) is 106 cm³/mol. The minimum atomic E-state index is -0.159. The molecule has 0 amide bonds. The minimum Gasteiger partial charge on any atom is -0.464 e. The van der Waals surface area contributed by atoms with E-state index < -0.39 is 0 Å². The molecule has 0 saturated carbocycles. The van der Waals surface area contributed by atoms with E-state index in [0.29, 0.717) is 5.92 Å². The summed E-state index contributed by atoms with van der Waals surface area (Å²) in [4.78, 5) is 0. The molecule has 0 N–H and O–H groups in total. The lowest BCUT2D eigenvalue weighted by molar-refractivity contribution is -0.146. The zero-order chi connectivity index (χ0) is 17.6. The smallest absolute Gasteiger partial charge is 0.200 e. The summed E-state index contributed by atoms with van der Waals surface area (Å²) in [5.74, 6) is 1.43. The maximum absolute atomic E-state index is 6.21. The number of halogens is 1. The molecule has 0 aromatic heterocycles. The van der Waals surface area contributed by atoms with Crippen LogP contribution in [0.4, 0.5) is 0 Å². The quantitative estimate of drug-likeness (QED) is 0.550. The summed E-state index contributed by atoms with van der Waals surface area (Å²) in [5, 5.41) is 0. The van der Waals surface area contributed by atoms with Gasteiger partial charge in [-0.15, -0.1) is 0 Å². The van der Waals surface area contributed by atoms with Gasteiger partial charge in [0.2, 0.25) is 0 Å². The largest absolute Gasteiger partial charge is 0.464 e. The molecule has 0 radical (unpaired) electrons. The van der Waals surface area contributed by atoms with E-state index in [2.05, 4.69) is 78.3 Å². The molecular formula is C22H27BrO2. The van der Waals surface area contributed by atoms with Crippen molar-refractivity contribution in [1.82, 2.24) is 0 Å². The third-order valence-corrected chi connectivity index (χ3v) is 5.63. The Bertz CT molecular complexity index is 671. The lowest BCUT2D eigenvalue weighted by Gasteiger charge is -2.30. The molecule has 1 fully saturated rings. The molecule has 3 atom stereocenters. The Balaban J connectivity index is 1.61. The van der Waals surface area contributed by atoms with Crippen molar-refractivity contribution in [3.63, 3.8) is 0 Å². The van der Waals surface area contributed by atoms with Crippen LogP contribution in [0.5, 0.6) is 5.75 Å². The lowest BCUT2D eigenvalue weighted by atomic mass is 9.99. The lowest BCUT2D eigenvalue weighted by Crippen LogP contribution is -2.33. The molecule has 2 nitrogen and oxygen atoms in total. The van der Waals surface area contributed by atoms with Crippen molar-refractivity contribution in [2.45, 2.75) is 64.3 Å². The number of benzene rings is 2. The molecule has 3 rings (SSSR count). The van der Waals surface area contributed by atoms with Gasteiger partial charge in [-0.25, -0.2) is 0 Å². The van der Waals surface area contributed by atoms with Crippen LogP contribution in [0.3, 0.4) is 0 Å². The Labute approximate surface area is 159 Å². The molecular weight excluding hydrogens is 376 g/mol. The fraction of sp³-hybridized carbons (Fsp3) is 0.455. The van der Waals surface area contributed by atoms with E-state index in [1.54, 1.807) is 0 Å². The van der Waals surface area contributed by atoms with Crippen LogP contribution in [0.2, 0.25) is 0 Å². The van der Waals surface area contributed by atoms with Gasteiger partial charge in [0, 0.05) is 6.42 Å². The summed E-state index contributed by atoms with van der Waals surface area (Å²) in [5.41, 5.74) is 2.67. The highest BCUT2D eigenvalue weighted by Gasteiger charge is 2.24. The number of hydrogen-bond donors (Lipinski definition) is 0. The van der Waals surface area contributed by atoms with E-state index in [9.17, 15) is 0 Å². The van der Waals surface area contributed by atoms with E-state index in [4.69, 9.17) is 9.47 Å². The molecule has 1 aliphatic heterocycles. The SMILES string of the molecule is CCC(C)c1ccc(OC2CCCC(Cc3ccccc3)O2)c(Br)c1. The van der Waals surface area contributed by atoms with Gasteiger partial charge in [-0.05, 0) is 70.8 Å². The Morgan fingerprint density at radius 1 is 1.16 bits per heavy atom. The highest BCUT2D eigenvalue weighted by atomic mass is 79.9. The van der Waals surface area contributed by atoms with Gasteiger partial charge < -0.3 is 9.47 Å². The van der Waals surface area contributed by atoms with Gasteiger partial charge in [0.25, 0.3) is 0 Å². The second-order valence-corrected chi connectivity index (χ2v) is 7.78. The molecule has 1 saturated heterocycles. The van der Waals surface area contributed by atoms with Gasteiger partial charge in [0.1, 0.15) is 5.75 Å². The van der Waals surface area contributed by atoms with Crippen molar-refractivity contribution in [3.8, 4) is 5.75 Å². The first-order valence-electron chi connectivity index (χ1n) is 9.31. The average molecular weight is 403 g/mol. The summed E-state index contributed by atoms with van der Waals surface area (Å²) >= 11 is 3.66. The van der Waals surface area contributed by atoms with E-state index >= 15 is 0 Å².